The Kier molecular flexibility index (Phi) is 11.0. The van der Waals surface area contributed by atoms with E-state index in [-0.39, 0.29) is 36.0 Å². The molecule has 0 aromatic heterocycles. The first-order valence-electron chi connectivity index (χ1n) is 12.5. The van der Waals surface area contributed by atoms with E-state index in [2.05, 4.69) is 5.32 Å². The largest absolute Gasteiger partial charge is 0.497 e. The third-order valence-corrected chi connectivity index (χ3v) is 7.16. The number of nitrogens with zero attached hydrogens (tertiary/aromatic N) is 1. The summed E-state index contributed by atoms with van der Waals surface area (Å²) in [5, 5.41) is 3.08. The van der Waals surface area contributed by atoms with Gasteiger partial charge in [0.05, 0.1) is 12.9 Å². The van der Waals surface area contributed by atoms with E-state index in [1.165, 1.54) is 23.9 Å². The predicted octanol–water partition coefficient (Wildman–Crippen LogP) is 5.62. The number of benzene rings is 3. The van der Waals surface area contributed by atoms with Gasteiger partial charge in [0.25, 0.3) is 0 Å². The van der Waals surface area contributed by atoms with Gasteiger partial charge in [-0.2, -0.15) is 0 Å². The Hall–Kier alpha value is -3.32. The minimum atomic E-state index is -0.679. The number of nitrogens with one attached hydrogen (secondary N) is 1. The Labute approximate surface area is 223 Å². The topological polar surface area (TPSA) is 58.6 Å². The van der Waals surface area contributed by atoms with Gasteiger partial charge >= 0.3 is 0 Å². The summed E-state index contributed by atoms with van der Waals surface area (Å²) in [6, 6.07) is 22.9. The molecule has 0 radical (unpaired) electrons. The number of carbonyl (C=O) groups is 2. The molecule has 37 heavy (non-hydrogen) atoms. The van der Waals surface area contributed by atoms with Crippen molar-refractivity contribution >= 4 is 23.6 Å². The third kappa shape index (κ3) is 8.93. The molecule has 5 nitrogen and oxygen atoms in total. The van der Waals surface area contributed by atoms with E-state index in [0.717, 1.165) is 23.1 Å². The average Bonchev–Trinajstić information content (AvgIpc) is 2.92. The van der Waals surface area contributed by atoms with Crippen molar-refractivity contribution in [2.24, 2.45) is 0 Å². The fraction of sp³-hybridized carbons (Fsp3) is 0.333. The Balaban J connectivity index is 1.86. The van der Waals surface area contributed by atoms with Crippen LogP contribution in [0.15, 0.2) is 78.9 Å². The van der Waals surface area contributed by atoms with Crippen molar-refractivity contribution in [1.29, 1.82) is 0 Å². The first-order chi connectivity index (χ1) is 17.9. The number of halogens is 1. The fourth-order valence-electron chi connectivity index (χ4n) is 3.88. The first-order valence-corrected chi connectivity index (χ1v) is 13.6. The lowest BCUT2D eigenvalue weighted by Gasteiger charge is -2.32. The van der Waals surface area contributed by atoms with Crippen LogP contribution in [0.5, 0.6) is 5.75 Å². The zero-order valence-electron chi connectivity index (χ0n) is 21.7. The molecule has 3 rings (SSSR count). The molecule has 0 spiro atoms. The maximum atomic E-state index is 13.7. The average molecular weight is 523 g/mol. The molecule has 2 atom stereocenters. The van der Waals surface area contributed by atoms with Crippen molar-refractivity contribution in [2.75, 3.05) is 12.9 Å². The predicted molar refractivity (Wildman–Crippen MR) is 148 cm³/mol. The molecule has 0 unspecified atom stereocenters. The first kappa shape index (κ1) is 28.3. The van der Waals surface area contributed by atoms with E-state index >= 15 is 0 Å². The Morgan fingerprint density at radius 1 is 0.973 bits per heavy atom. The second-order valence-electron chi connectivity index (χ2n) is 9.02. The smallest absolute Gasteiger partial charge is 0.243 e. The fourth-order valence-corrected chi connectivity index (χ4v) is 4.75. The van der Waals surface area contributed by atoms with Crippen LogP contribution in [0.4, 0.5) is 4.39 Å². The Bertz CT molecular complexity index is 1140. The lowest BCUT2D eigenvalue weighted by atomic mass is 10.0. The molecule has 7 heteroatoms. The van der Waals surface area contributed by atoms with Crippen LogP contribution in [-0.2, 0) is 28.3 Å². The van der Waals surface area contributed by atoms with Crippen LogP contribution in [0.25, 0.3) is 0 Å². The molecule has 0 fully saturated rings. The molecule has 0 aliphatic rings. The molecule has 0 saturated carbocycles. The van der Waals surface area contributed by atoms with Crippen LogP contribution in [0.1, 0.15) is 37.0 Å². The lowest BCUT2D eigenvalue weighted by Crippen LogP contribution is -2.52. The number of thioether (sulfide) groups is 1. The normalized spacial score (nSPS) is 12.4. The number of hydrogen-bond donors (Lipinski definition) is 1. The molecular weight excluding hydrogens is 487 g/mol. The zero-order valence-corrected chi connectivity index (χ0v) is 22.5. The van der Waals surface area contributed by atoms with Gasteiger partial charge in [-0.25, -0.2) is 4.39 Å². The maximum Gasteiger partial charge on any atom is 0.243 e. The Morgan fingerprint density at radius 3 is 2.35 bits per heavy atom. The van der Waals surface area contributed by atoms with Crippen LogP contribution in [0.2, 0.25) is 0 Å². The summed E-state index contributed by atoms with van der Waals surface area (Å²) in [6.07, 6.45) is 1.20. The quantitative estimate of drug-likeness (QED) is 0.317. The number of hydrogen-bond acceptors (Lipinski definition) is 4. The number of amides is 2. The standard InChI is InChI=1S/C30H35FN2O3S/c1-4-22(2)32-30(35)28(18-23-9-6-5-7-10-23)33(19-25-11-8-12-27(17-25)36-3)29(34)21-37-20-24-13-15-26(31)16-14-24/h5-17,22,28H,4,18-21H2,1-3H3,(H,32,35)/t22-,28-/m0/s1. The highest BCUT2D eigenvalue weighted by molar-refractivity contribution is 7.99. The van der Waals surface area contributed by atoms with Gasteiger partial charge in [0, 0.05) is 24.8 Å². The lowest BCUT2D eigenvalue weighted by molar-refractivity contribution is -0.139. The SMILES string of the molecule is CC[C@H](C)NC(=O)[C@H](Cc1ccccc1)N(Cc1cccc(OC)c1)C(=O)CSCc1ccc(F)cc1. The van der Waals surface area contributed by atoms with Crippen molar-refractivity contribution < 1.29 is 18.7 Å². The van der Waals surface area contributed by atoms with Gasteiger partial charge < -0.3 is 15.0 Å². The molecule has 0 bridgehead atoms. The zero-order chi connectivity index (χ0) is 26.6. The molecule has 2 amide bonds. The highest BCUT2D eigenvalue weighted by Gasteiger charge is 2.31. The van der Waals surface area contributed by atoms with Gasteiger partial charge in [0.2, 0.25) is 11.8 Å². The van der Waals surface area contributed by atoms with Crippen LogP contribution < -0.4 is 10.1 Å². The molecule has 0 saturated heterocycles. The molecule has 0 aliphatic heterocycles. The monoisotopic (exact) mass is 522 g/mol. The molecule has 0 aliphatic carbocycles. The molecular formula is C30H35FN2O3S. The Morgan fingerprint density at radius 2 is 1.68 bits per heavy atom. The third-order valence-electron chi connectivity index (χ3n) is 6.17. The summed E-state index contributed by atoms with van der Waals surface area (Å²) in [5.41, 5.74) is 2.80. The summed E-state index contributed by atoms with van der Waals surface area (Å²) < 4.78 is 18.6. The van der Waals surface area contributed by atoms with Gasteiger partial charge in [-0.15, -0.1) is 11.8 Å². The van der Waals surface area contributed by atoms with Gasteiger partial charge in [-0.05, 0) is 54.3 Å². The van der Waals surface area contributed by atoms with Crippen molar-refractivity contribution in [3.05, 3.63) is 101 Å². The van der Waals surface area contributed by atoms with Crippen molar-refractivity contribution in [3.8, 4) is 5.75 Å². The van der Waals surface area contributed by atoms with E-state index < -0.39 is 6.04 Å². The molecule has 1 N–H and O–H groups in total. The number of rotatable bonds is 13. The molecule has 0 heterocycles. The van der Waals surface area contributed by atoms with Gasteiger partial charge in [0.1, 0.15) is 17.6 Å². The highest BCUT2D eigenvalue weighted by Crippen LogP contribution is 2.21. The van der Waals surface area contributed by atoms with E-state index in [9.17, 15) is 14.0 Å². The van der Waals surface area contributed by atoms with Crippen molar-refractivity contribution in [2.45, 2.75) is 51.1 Å². The maximum absolute atomic E-state index is 13.7. The summed E-state index contributed by atoms with van der Waals surface area (Å²) >= 11 is 1.45. The van der Waals surface area contributed by atoms with Gasteiger partial charge in [-0.3, -0.25) is 9.59 Å². The summed E-state index contributed by atoms with van der Waals surface area (Å²) in [5.74, 6) is 0.878. The molecule has 3 aromatic rings. The second kappa shape index (κ2) is 14.4. The summed E-state index contributed by atoms with van der Waals surface area (Å²) in [7, 11) is 1.60. The molecule has 3 aromatic carbocycles. The van der Waals surface area contributed by atoms with Crippen molar-refractivity contribution in [1.82, 2.24) is 10.2 Å². The highest BCUT2D eigenvalue weighted by atomic mass is 32.2. The summed E-state index contributed by atoms with van der Waals surface area (Å²) in [6.45, 7) is 4.26. The number of methoxy groups -OCH3 is 1. The number of ether oxygens (including phenoxy) is 1. The van der Waals surface area contributed by atoms with Gasteiger partial charge in [0.15, 0.2) is 0 Å². The van der Waals surface area contributed by atoms with Crippen molar-refractivity contribution in [3.63, 3.8) is 0 Å². The summed E-state index contributed by atoms with van der Waals surface area (Å²) in [4.78, 5) is 28.9. The van der Waals surface area contributed by atoms with Crippen LogP contribution in [0, 0.1) is 5.82 Å². The second-order valence-corrected chi connectivity index (χ2v) is 10.0. The van der Waals surface area contributed by atoms with Crippen LogP contribution in [-0.4, -0.2) is 41.7 Å². The number of carbonyl (C=O) groups excluding carboxylic acids is 2. The molecule has 196 valence electrons. The van der Waals surface area contributed by atoms with Gasteiger partial charge in [-0.1, -0.05) is 61.5 Å². The van der Waals surface area contributed by atoms with E-state index in [1.54, 1.807) is 24.1 Å². The van der Waals surface area contributed by atoms with Crippen LogP contribution in [0.3, 0.4) is 0 Å². The van der Waals surface area contributed by atoms with E-state index in [1.807, 2.05) is 68.4 Å². The van der Waals surface area contributed by atoms with E-state index in [0.29, 0.717) is 17.9 Å². The van der Waals surface area contributed by atoms with E-state index in [4.69, 9.17) is 4.74 Å². The van der Waals surface area contributed by atoms with Crippen LogP contribution >= 0.6 is 11.8 Å². The minimum absolute atomic E-state index is 0.00704. The minimum Gasteiger partial charge on any atom is -0.497 e.